The second-order valence-corrected chi connectivity index (χ2v) is 6.32. The number of hydrogen-bond donors (Lipinski definition) is 0. The minimum atomic E-state index is -1.98. The molecule has 1 atom stereocenters. The lowest BCUT2D eigenvalue weighted by atomic mass is 10.1. The molecule has 0 aliphatic rings. The first kappa shape index (κ1) is 10.8. The third-order valence-corrected chi connectivity index (χ3v) is 2.61. The Kier molecular flexibility index (Phi) is 4.51. The molecule has 0 spiro atoms. The van der Waals surface area contributed by atoms with E-state index in [2.05, 4.69) is 6.07 Å². The Morgan fingerprint density at radius 2 is 2.09 bits per heavy atom. The molecule has 1 unspecified atom stereocenters. The number of hydrogen-bond acceptors (Lipinski definition) is 1. The van der Waals surface area contributed by atoms with Gasteiger partial charge >= 0.3 is 0 Å². The molecule has 3 heteroatoms. The first-order valence-electron chi connectivity index (χ1n) is 3.80. The first-order chi connectivity index (χ1) is 4.99. The maximum Gasteiger partial charge on any atom is 0.0664 e. The third kappa shape index (κ3) is 6.18. The lowest BCUT2D eigenvalue weighted by Crippen LogP contribution is -2.07. The highest BCUT2D eigenvalue weighted by Crippen LogP contribution is 2.43. The average molecular weight is 177 g/mol. The fraction of sp³-hybridized carbons (Fsp3) is 0.875. The summed E-state index contributed by atoms with van der Waals surface area (Å²) in [5.74, 6) is 0.368. The van der Waals surface area contributed by atoms with E-state index >= 15 is 0 Å². The fourth-order valence-corrected chi connectivity index (χ4v) is 2.21. The molecule has 0 aliphatic heterocycles. The van der Waals surface area contributed by atoms with E-state index < -0.39 is 10.4 Å². The minimum absolute atomic E-state index is 0.0741. The molecule has 0 rings (SSSR count). The molecule has 0 radical (unpaired) electrons. The van der Waals surface area contributed by atoms with Crippen molar-refractivity contribution in [1.29, 1.82) is 5.26 Å². The fourth-order valence-electron chi connectivity index (χ4n) is 1.01. The lowest BCUT2D eigenvalue weighted by Gasteiger charge is -2.22. The summed E-state index contributed by atoms with van der Waals surface area (Å²) < 4.78 is 13.1. The maximum atomic E-state index is 13.1. The van der Waals surface area contributed by atoms with Crippen molar-refractivity contribution in [2.75, 3.05) is 18.3 Å². The highest BCUT2D eigenvalue weighted by Gasteiger charge is 2.16. The molecular weight excluding hydrogens is 161 g/mol. The molecule has 0 fully saturated rings. The van der Waals surface area contributed by atoms with E-state index in [0.29, 0.717) is 5.75 Å². The van der Waals surface area contributed by atoms with Gasteiger partial charge in [0.1, 0.15) is 0 Å². The minimum Gasteiger partial charge on any atom is -0.198 e. The van der Waals surface area contributed by atoms with E-state index in [1.165, 1.54) is 0 Å². The lowest BCUT2D eigenvalue weighted by molar-refractivity contribution is 0.645. The van der Waals surface area contributed by atoms with Gasteiger partial charge in [0.25, 0.3) is 0 Å². The molecule has 0 aromatic rings. The molecular formula is C8H16FNS. The van der Waals surface area contributed by atoms with Crippen molar-refractivity contribution in [1.82, 2.24) is 0 Å². The van der Waals surface area contributed by atoms with Gasteiger partial charge in [-0.1, -0.05) is 23.8 Å². The van der Waals surface area contributed by atoms with Crippen molar-refractivity contribution < 1.29 is 3.89 Å². The topological polar surface area (TPSA) is 23.8 Å². The summed E-state index contributed by atoms with van der Waals surface area (Å²) >= 11 is 0. The van der Waals surface area contributed by atoms with Gasteiger partial charge in [-0.3, -0.25) is 0 Å². The number of nitriles is 1. The van der Waals surface area contributed by atoms with Crippen LogP contribution < -0.4 is 0 Å². The van der Waals surface area contributed by atoms with Crippen molar-refractivity contribution in [3.63, 3.8) is 0 Å². The summed E-state index contributed by atoms with van der Waals surface area (Å²) in [7, 11) is -1.98. The monoisotopic (exact) mass is 177 g/mol. The van der Waals surface area contributed by atoms with Gasteiger partial charge in [0.15, 0.2) is 0 Å². The molecule has 0 aromatic carbocycles. The van der Waals surface area contributed by atoms with E-state index in [-0.39, 0.29) is 5.92 Å². The van der Waals surface area contributed by atoms with Gasteiger partial charge in [0, 0.05) is 5.75 Å². The van der Waals surface area contributed by atoms with Crippen molar-refractivity contribution in [2.45, 2.75) is 19.8 Å². The van der Waals surface area contributed by atoms with Crippen LogP contribution in [0, 0.1) is 17.2 Å². The van der Waals surface area contributed by atoms with Crippen molar-refractivity contribution >= 4 is 10.4 Å². The molecule has 66 valence electrons. The Labute approximate surface area is 70.2 Å². The Morgan fingerprint density at radius 1 is 1.55 bits per heavy atom. The summed E-state index contributed by atoms with van der Waals surface area (Å²) in [4.78, 5) is 0. The van der Waals surface area contributed by atoms with Crippen LogP contribution in [0.2, 0.25) is 0 Å². The summed E-state index contributed by atoms with van der Waals surface area (Å²) in [6, 6.07) is 2.14. The normalized spacial score (nSPS) is 15.5. The van der Waals surface area contributed by atoms with Gasteiger partial charge in [0.2, 0.25) is 0 Å². The largest absolute Gasteiger partial charge is 0.198 e. The quantitative estimate of drug-likeness (QED) is 0.647. The summed E-state index contributed by atoms with van der Waals surface area (Å²) in [6.07, 6.45) is 5.00. The highest BCUT2D eigenvalue weighted by molar-refractivity contribution is 8.28. The Hall–Kier alpha value is -0.230. The van der Waals surface area contributed by atoms with E-state index in [9.17, 15) is 3.89 Å². The van der Waals surface area contributed by atoms with Gasteiger partial charge in [-0.2, -0.15) is 9.15 Å². The third-order valence-electron chi connectivity index (χ3n) is 1.42. The Morgan fingerprint density at radius 3 is 2.36 bits per heavy atom. The van der Waals surface area contributed by atoms with E-state index in [1.54, 1.807) is 12.5 Å². The first-order valence-corrected chi connectivity index (χ1v) is 6.31. The molecule has 0 saturated carbocycles. The number of halogens is 1. The molecule has 0 saturated heterocycles. The zero-order chi connectivity index (χ0) is 8.91. The van der Waals surface area contributed by atoms with Crippen LogP contribution in [-0.4, -0.2) is 18.3 Å². The second kappa shape index (κ2) is 4.61. The number of rotatable bonds is 4. The van der Waals surface area contributed by atoms with Gasteiger partial charge in [-0.15, -0.1) is 0 Å². The molecule has 0 heterocycles. The molecule has 0 amide bonds. The number of nitrogens with zero attached hydrogens (tertiary/aromatic N) is 1. The summed E-state index contributed by atoms with van der Waals surface area (Å²) in [6.45, 7) is 2.02. The van der Waals surface area contributed by atoms with Crippen LogP contribution in [0.25, 0.3) is 0 Å². The SMILES string of the molecule is CCCC(C#N)CS(C)(C)F. The summed E-state index contributed by atoms with van der Waals surface area (Å²) in [5, 5.41) is 8.62. The predicted octanol–water partition coefficient (Wildman–Crippen LogP) is 2.87. The van der Waals surface area contributed by atoms with Crippen LogP contribution in [0.5, 0.6) is 0 Å². The van der Waals surface area contributed by atoms with Crippen LogP contribution in [0.1, 0.15) is 19.8 Å². The van der Waals surface area contributed by atoms with Crippen molar-refractivity contribution in [3.05, 3.63) is 0 Å². The average Bonchev–Trinajstić information content (AvgIpc) is 1.84. The zero-order valence-corrected chi connectivity index (χ0v) is 8.25. The van der Waals surface area contributed by atoms with Crippen LogP contribution >= 0.6 is 10.4 Å². The van der Waals surface area contributed by atoms with Crippen LogP contribution in [0.3, 0.4) is 0 Å². The van der Waals surface area contributed by atoms with Crippen molar-refractivity contribution in [2.24, 2.45) is 5.92 Å². The van der Waals surface area contributed by atoms with Gasteiger partial charge in [0.05, 0.1) is 12.0 Å². The molecule has 1 nitrogen and oxygen atoms in total. The zero-order valence-electron chi connectivity index (χ0n) is 7.43. The standard InChI is InChI=1S/C8H16FNS/c1-4-5-8(6-10)7-11(2,3)9/h8H,4-5,7H2,1-3H3. The predicted molar refractivity (Wildman–Crippen MR) is 49.4 cm³/mol. The summed E-state index contributed by atoms with van der Waals surface area (Å²) in [5.41, 5.74) is 0. The van der Waals surface area contributed by atoms with Crippen LogP contribution in [-0.2, 0) is 0 Å². The molecule has 0 N–H and O–H groups in total. The Bertz CT molecular complexity index is 145. The van der Waals surface area contributed by atoms with Gasteiger partial charge in [-0.05, 0) is 18.9 Å². The highest BCUT2D eigenvalue weighted by atomic mass is 32.3. The Balaban J connectivity index is 3.81. The van der Waals surface area contributed by atoms with Crippen molar-refractivity contribution in [3.8, 4) is 6.07 Å². The van der Waals surface area contributed by atoms with E-state index in [4.69, 9.17) is 5.26 Å². The van der Waals surface area contributed by atoms with E-state index in [1.807, 2.05) is 6.92 Å². The molecule has 11 heavy (non-hydrogen) atoms. The van der Waals surface area contributed by atoms with Crippen LogP contribution in [0.4, 0.5) is 3.89 Å². The molecule has 0 aromatic heterocycles. The van der Waals surface area contributed by atoms with Gasteiger partial charge < -0.3 is 0 Å². The van der Waals surface area contributed by atoms with Crippen LogP contribution in [0.15, 0.2) is 0 Å². The second-order valence-electron chi connectivity index (χ2n) is 3.18. The van der Waals surface area contributed by atoms with E-state index in [0.717, 1.165) is 12.8 Å². The van der Waals surface area contributed by atoms with Gasteiger partial charge in [-0.25, -0.2) is 0 Å². The molecule has 0 aliphatic carbocycles. The smallest absolute Gasteiger partial charge is 0.0664 e. The molecule has 0 bridgehead atoms. The maximum absolute atomic E-state index is 13.1.